The van der Waals surface area contributed by atoms with Gasteiger partial charge in [-0.15, -0.1) is 0 Å². The minimum Gasteiger partial charge on any atom is -0.497 e. The monoisotopic (exact) mass is 285 g/mol. The van der Waals surface area contributed by atoms with Crippen LogP contribution < -0.4 is 10.5 Å². The van der Waals surface area contributed by atoms with Gasteiger partial charge in [0.25, 0.3) is 0 Å². The van der Waals surface area contributed by atoms with E-state index in [0.29, 0.717) is 11.4 Å². The van der Waals surface area contributed by atoms with Gasteiger partial charge < -0.3 is 10.5 Å². The average molecular weight is 285 g/mol. The van der Waals surface area contributed by atoms with E-state index in [9.17, 15) is 13.2 Å². The lowest BCUT2D eigenvalue weighted by Crippen LogP contribution is -2.16. The number of rotatable bonds is 3. The molecule has 0 unspecified atom stereocenters. The number of alkyl halides is 3. The van der Waals surface area contributed by atoms with Crippen LogP contribution in [-0.2, 0) is 12.7 Å². The Balaban J connectivity index is 2.61. The molecule has 1 heterocycles. The Bertz CT molecular complexity index is 603. The van der Waals surface area contributed by atoms with Crippen LogP contribution in [-0.4, -0.2) is 16.9 Å². The normalized spacial score (nSPS) is 11.7. The molecule has 0 fully saturated rings. The summed E-state index contributed by atoms with van der Waals surface area (Å²) in [6.45, 7) is 1.30. The third kappa shape index (κ3) is 2.49. The maximum atomic E-state index is 13.2. The quantitative estimate of drug-likeness (QED) is 0.943. The number of ether oxygens (including phenoxy) is 1. The van der Waals surface area contributed by atoms with Crippen molar-refractivity contribution in [3.05, 3.63) is 41.2 Å². The summed E-state index contributed by atoms with van der Waals surface area (Å²) >= 11 is 0. The molecule has 0 atom stereocenters. The number of halogens is 3. The highest BCUT2D eigenvalue weighted by atomic mass is 19.4. The zero-order chi connectivity index (χ0) is 14.9. The number of aromatic nitrogens is 2. The Hall–Kier alpha value is -2.02. The summed E-state index contributed by atoms with van der Waals surface area (Å²) in [7, 11) is 1.49. The molecule has 1 aromatic heterocycles. The van der Waals surface area contributed by atoms with Crippen LogP contribution in [0.1, 0.15) is 17.0 Å². The molecule has 0 bridgehead atoms. The second kappa shape index (κ2) is 5.16. The van der Waals surface area contributed by atoms with E-state index in [4.69, 9.17) is 10.5 Å². The van der Waals surface area contributed by atoms with Crippen molar-refractivity contribution >= 4 is 0 Å². The van der Waals surface area contributed by atoms with E-state index in [1.165, 1.54) is 26.2 Å². The number of methoxy groups -OCH3 is 1. The zero-order valence-electron chi connectivity index (χ0n) is 11.0. The Kier molecular flexibility index (Phi) is 3.71. The first-order chi connectivity index (χ1) is 9.38. The standard InChI is InChI=1S/C13H14F3N3O/c1-8-11(7-17)12(13(14,15)16)19(18-8)9-3-5-10(20-2)6-4-9/h3-6H,7,17H2,1-2H3. The molecule has 0 saturated carbocycles. The number of hydrogen-bond donors (Lipinski definition) is 1. The van der Waals surface area contributed by atoms with Gasteiger partial charge in [0, 0.05) is 12.1 Å². The molecule has 0 saturated heterocycles. The van der Waals surface area contributed by atoms with Crippen LogP contribution in [0.5, 0.6) is 5.75 Å². The van der Waals surface area contributed by atoms with Gasteiger partial charge >= 0.3 is 6.18 Å². The lowest BCUT2D eigenvalue weighted by molar-refractivity contribution is -0.143. The Morgan fingerprint density at radius 1 is 1.25 bits per heavy atom. The van der Waals surface area contributed by atoms with Gasteiger partial charge in [-0.1, -0.05) is 0 Å². The van der Waals surface area contributed by atoms with Crippen LogP contribution >= 0.6 is 0 Å². The molecule has 2 rings (SSSR count). The number of nitrogens with two attached hydrogens (primary N) is 1. The van der Waals surface area contributed by atoms with Crippen molar-refractivity contribution in [2.24, 2.45) is 5.73 Å². The number of nitrogens with zero attached hydrogens (tertiary/aromatic N) is 2. The molecular weight excluding hydrogens is 271 g/mol. The minimum atomic E-state index is -4.52. The Morgan fingerprint density at radius 3 is 2.30 bits per heavy atom. The molecule has 0 spiro atoms. The maximum Gasteiger partial charge on any atom is 0.433 e. The van der Waals surface area contributed by atoms with Gasteiger partial charge in [-0.3, -0.25) is 0 Å². The summed E-state index contributed by atoms with van der Waals surface area (Å²) in [5.74, 6) is 0.560. The average Bonchev–Trinajstić information content (AvgIpc) is 2.75. The lowest BCUT2D eigenvalue weighted by Gasteiger charge is -2.12. The first-order valence-corrected chi connectivity index (χ1v) is 5.88. The molecule has 4 nitrogen and oxygen atoms in total. The van der Waals surface area contributed by atoms with Gasteiger partial charge in [0.15, 0.2) is 5.69 Å². The maximum absolute atomic E-state index is 13.2. The topological polar surface area (TPSA) is 53.1 Å². The van der Waals surface area contributed by atoms with E-state index < -0.39 is 11.9 Å². The Morgan fingerprint density at radius 2 is 1.85 bits per heavy atom. The lowest BCUT2D eigenvalue weighted by atomic mass is 10.2. The molecular formula is C13H14F3N3O. The van der Waals surface area contributed by atoms with E-state index in [0.717, 1.165) is 4.68 Å². The van der Waals surface area contributed by atoms with Crippen molar-refractivity contribution in [1.29, 1.82) is 0 Å². The molecule has 7 heteroatoms. The van der Waals surface area contributed by atoms with Crippen LogP contribution in [0.2, 0.25) is 0 Å². The number of hydrogen-bond acceptors (Lipinski definition) is 3. The van der Waals surface area contributed by atoms with Gasteiger partial charge in [0.05, 0.1) is 18.5 Å². The highest BCUT2D eigenvalue weighted by molar-refractivity contribution is 5.41. The van der Waals surface area contributed by atoms with Gasteiger partial charge in [0.2, 0.25) is 0 Å². The van der Waals surface area contributed by atoms with Crippen LogP contribution in [0.15, 0.2) is 24.3 Å². The summed E-state index contributed by atoms with van der Waals surface area (Å²) in [4.78, 5) is 0. The smallest absolute Gasteiger partial charge is 0.433 e. The van der Waals surface area contributed by atoms with Crippen molar-refractivity contribution in [1.82, 2.24) is 9.78 Å². The predicted molar refractivity (Wildman–Crippen MR) is 67.7 cm³/mol. The third-order valence-electron chi connectivity index (χ3n) is 2.97. The molecule has 2 N–H and O–H groups in total. The third-order valence-corrected chi connectivity index (χ3v) is 2.97. The second-order valence-corrected chi connectivity index (χ2v) is 4.22. The zero-order valence-corrected chi connectivity index (χ0v) is 11.0. The number of benzene rings is 1. The molecule has 0 aliphatic rings. The van der Waals surface area contributed by atoms with Gasteiger partial charge in [-0.2, -0.15) is 18.3 Å². The SMILES string of the molecule is COc1ccc(-n2nc(C)c(CN)c2C(F)(F)F)cc1. The van der Waals surface area contributed by atoms with Crippen LogP contribution in [0.25, 0.3) is 5.69 Å². The highest BCUT2D eigenvalue weighted by Crippen LogP contribution is 2.35. The second-order valence-electron chi connectivity index (χ2n) is 4.22. The highest BCUT2D eigenvalue weighted by Gasteiger charge is 2.39. The molecule has 2 aromatic rings. The molecule has 0 aliphatic heterocycles. The van der Waals surface area contributed by atoms with Crippen molar-refractivity contribution < 1.29 is 17.9 Å². The molecule has 0 aliphatic carbocycles. The van der Waals surface area contributed by atoms with E-state index in [2.05, 4.69) is 5.10 Å². The molecule has 1 aromatic carbocycles. The van der Waals surface area contributed by atoms with Crippen LogP contribution in [0.3, 0.4) is 0 Å². The van der Waals surface area contributed by atoms with E-state index in [-0.39, 0.29) is 17.8 Å². The Labute approximate surface area is 114 Å². The van der Waals surface area contributed by atoms with E-state index in [1.54, 1.807) is 12.1 Å². The van der Waals surface area contributed by atoms with E-state index >= 15 is 0 Å². The van der Waals surface area contributed by atoms with Crippen LogP contribution in [0.4, 0.5) is 13.2 Å². The van der Waals surface area contributed by atoms with Crippen molar-refractivity contribution in [3.8, 4) is 11.4 Å². The van der Waals surface area contributed by atoms with Gasteiger partial charge in [-0.25, -0.2) is 4.68 Å². The van der Waals surface area contributed by atoms with Crippen molar-refractivity contribution in [3.63, 3.8) is 0 Å². The predicted octanol–water partition coefficient (Wildman–Crippen LogP) is 2.67. The molecule has 20 heavy (non-hydrogen) atoms. The summed E-state index contributed by atoms with van der Waals surface area (Å²) in [6, 6.07) is 6.19. The summed E-state index contributed by atoms with van der Waals surface area (Å²) < 4.78 is 45.5. The molecule has 108 valence electrons. The van der Waals surface area contributed by atoms with Crippen molar-refractivity contribution in [2.75, 3.05) is 7.11 Å². The number of aryl methyl sites for hydroxylation is 1. The first kappa shape index (κ1) is 14.4. The first-order valence-electron chi connectivity index (χ1n) is 5.88. The fourth-order valence-electron chi connectivity index (χ4n) is 2.01. The fourth-order valence-corrected chi connectivity index (χ4v) is 2.01. The summed E-state index contributed by atoms with van der Waals surface area (Å²) in [6.07, 6.45) is -4.52. The molecule has 0 radical (unpaired) electrons. The minimum absolute atomic E-state index is 0.00770. The summed E-state index contributed by atoms with van der Waals surface area (Å²) in [5.41, 5.74) is 5.17. The van der Waals surface area contributed by atoms with Crippen molar-refractivity contribution in [2.45, 2.75) is 19.6 Å². The molecule has 0 amide bonds. The van der Waals surface area contributed by atoms with Crippen LogP contribution in [0, 0.1) is 6.92 Å². The van der Waals surface area contributed by atoms with E-state index in [1.807, 2.05) is 0 Å². The van der Waals surface area contributed by atoms with Gasteiger partial charge in [0.1, 0.15) is 5.75 Å². The van der Waals surface area contributed by atoms with Gasteiger partial charge in [-0.05, 0) is 31.2 Å². The summed E-state index contributed by atoms with van der Waals surface area (Å²) in [5, 5.41) is 3.95. The fraction of sp³-hybridized carbons (Fsp3) is 0.308. The largest absolute Gasteiger partial charge is 0.497 e.